The normalized spacial score (nSPS) is 12.0. The molecule has 0 aliphatic carbocycles. The van der Waals surface area contributed by atoms with Crippen molar-refractivity contribution in [3.63, 3.8) is 0 Å². The zero-order chi connectivity index (χ0) is 28.4. The first-order valence-corrected chi connectivity index (χ1v) is 15.0. The quantitative estimate of drug-likeness (QED) is 0.251. The molecule has 2 amide bonds. The number of rotatable bonds is 13. The number of sulfonamides is 1. The number of amides is 2. The van der Waals surface area contributed by atoms with Crippen molar-refractivity contribution in [1.29, 1.82) is 0 Å². The van der Waals surface area contributed by atoms with Crippen LogP contribution in [0.1, 0.15) is 38.7 Å². The van der Waals surface area contributed by atoms with Crippen molar-refractivity contribution in [1.82, 2.24) is 10.2 Å². The summed E-state index contributed by atoms with van der Waals surface area (Å²) in [6, 6.07) is 20.9. The van der Waals surface area contributed by atoms with E-state index in [1.807, 2.05) is 44.2 Å². The van der Waals surface area contributed by atoms with Gasteiger partial charge in [0.15, 0.2) is 0 Å². The lowest BCUT2D eigenvalue weighted by atomic mass is 10.1. The molecule has 10 heteroatoms. The first-order valence-electron chi connectivity index (χ1n) is 12.8. The van der Waals surface area contributed by atoms with Gasteiger partial charge in [0.2, 0.25) is 11.8 Å². The molecular formula is C29H33Cl2N3O4S. The fraction of sp³-hybridized carbons (Fsp3) is 0.310. The first kappa shape index (κ1) is 30.5. The van der Waals surface area contributed by atoms with Crippen LogP contribution in [0.15, 0.2) is 83.8 Å². The zero-order valence-electron chi connectivity index (χ0n) is 22.0. The van der Waals surface area contributed by atoms with Crippen LogP contribution in [0.5, 0.6) is 0 Å². The second kappa shape index (κ2) is 14.4. The van der Waals surface area contributed by atoms with Crippen molar-refractivity contribution in [2.24, 2.45) is 0 Å². The van der Waals surface area contributed by atoms with Crippen molar-refractivity contribution in [2.75, 3.05) is 17.4 Å². The van der Waals surface area contributed by atoms with Crippen molar-refractivity contribution >= 4 is 50.7 Å². The molecule has 0 saturated carbocycles. The van der Waals surface area contributed by atoms with Crippen molar-refractivity contribution in [3.8, 4) is 0 Å². The molecule has 39 heavy (non-hydrogen) atoms. The summed E-state index contributed by atoms with van der Waals surface area (Å²) in [6.45, 7) is 3.88. The van der Waals surface area contributed by atoms with Gasteiger partial charge in [0.25, 0.3) is 10.0 Å². The summed E-state index contributed by atoms with van der Waals surface area (Å²) in [5.74, 6) is -0.833. The third kappa shape index (κ3) is 7.75. The largest absolute Gasteiger partial charge is 0.354 e. The van der Waals surface area contributed by atoms with E-state index in [-0.39, 0.29) is 33.1 Å². The number of hydrogen-bond acceptors (Lipinski definition) is 4. The monoisotopic (exact) mass is 589 g/mol. The Balaban J connectivity index is 2.05. The standard InChI is InChI=1S/C29H33Cl2N3O4S/c1-3-5-19-32-29(36)25(4-2)33(20-22-13-8-6-9-14-22)27(35)21-34(26-18-12-17-24(30)28(26)31)39(37,38)23-15-10-7-11-16-23/h6-18,25H,3-5,19-21H2,1-2H3,(H,32,36)/t25-/m1/s1. The Morgan fingerprint density at radius 2 is 1.54 bits per heavy atom. The Labute approximate surface area is 240 Å². The van der Waals surface area contributed by atoms with E-state index in [0.29, 0.717) is 13.0 Å². The summed E-state index contributed by atoms with van der Waals surface area (Å²) in [4.78, 5) is 28.6. The maximum atomic E-state index is 14.0. The van der Waals surface area contributed by atoms with Gasteiger partial charge in [-0.25, -0.2) is 8.42 Å². The van der Waals surface area contributed by atoms with Gasteiger partial charge in [-0.15, -0.1) is 0 Å². The SMILES string of the molecule is CCCCNC(=O)[C@@H](CC)N(Cc1ccccc1)C(=O)CN(c1cccc(Cl)c1Cl)S(=O)(=O)c1ccccc1. The minimum absolute atomic E-state index is 0.00503. The Morgan fingerprint density at radius 3 is 2.15 bits per heavy atom. The van der Waals surface area contributed by atoms with Crippen LogP contribution in [0.2, 0.25) is 10.0 Å². The van der Waals surface area contributed by atoms with E-state index in [0.717, 1.165) is 22.7 Å². The van der Waals surface area contributed by atoms with E-state index in [9.17, 15) is 18.0 Å². The molecule has 208 valence electrons. The maximum absolute atomic E-state index is 14.0. The molecule has 1 N–H and O–H groups in total. The average Bonchev–Trinajstić information content (AvgIpc) is 2.94. The van der Waals surface area contributed by atoms with Crippen LogP contribution in [0.25, 0.3) is 0 Å². The summed E-state index contributed by atoms with van der Waals surface area (Å²) in [6.07, 6.45) is 2.07. The van der Waals surface area contributed by atoms with E-state index in [4.69, 9.17) is 23.2 Å². The molecule has 0 radical (unpaired) electrons. The highest BCUT2D eigenvalue weighted by Crippen LogP contribution is 2.35. The van der Waals surface area contributed by atoms with Crippen molar-refractivity contribution < 1.29 is 18.0 Å². The van der Waals surface area contributed by atoms with E-state index in [1.54, 1.807) is 24.3 Å². The predicted octanol–water partition coefficient (Wildman–Crippen LogP) is 5.91. The first-order chi connectivity index (χ1) is 18.7. The number of anilines is 1. The predicted molar refractivity (Wildman–Crippen MR) is 156 cm³/mol. The molecule has 7 nitrogen and oxygen atoms in total. The molecule has 0 heterocycles. The van der Waals surface area contributed by atoms with Gasteiger partial charge in [-0.1, -0.05) is 98.1 Å². The molecular weight excluding hydrogens is 557 g/mol. The molecule has 0 saturated heterocycles. The number of benzene rings is 3. The van der Waals surface area contributed by atoms with Crippen LogP contribution in [0, 0.1) is 0 Å². The Bertz CT molecular complexity index is 1360. The fourth-order valence-electron chi connectivity index (χ4n) is 4.12. The van der Waals surface area contributed by atoms with Crippen LogP contribution >= 0.6 is 23.2 Å². The lowest BCUT2D eigenvalue weighted by Crippen LogP contribution is -2.52. The second-order valence-corrected chi connectivity index (χ2v) is 11.6. The molecule has 0 spiro atoms. The van der Waals surface area contributed by atoms with Gasteiger partial charge in [-0.3, -0.25) is 13.9 Å². The van der Waals surface area contributed by atoms with Gasteiger partial charge in [0, 0.05) is 13.1 Å². The molecule has 0 fully saturated rings. The highest BCUT2D eigenvalue weighted by molar-refractivity contribution is 7.92. The van der Waals surface area contributed by atoms with Crippen LogP contribution in [0.4, 0.5) is 5.69 Å². The maximum Gasteiger partial charge on any atom is 0.264 e. The summed E-state index contributed by atoms with van der Waals surface area (Å²) < 4.78 is 28.6. The van der Waals surface area contributed by atoms with Crippen molar-refractivity contribution in [2.45, 2.75) is 50.6 Å². The number of carbonyl (C=O) groups is 2. The number of nitrogens with zero attached hydrogens (tertiary/aromatic N) is 2. The highest BCUT2D eigenvalue weighted by atomic mass is 35.5. The number of hydrogen-bond donors (Lipinski definition) is 1. The van der Waals surface area contributed by atoms with Crippen LogP contribution < -0.4 is 9.62 Å². The molecule has 0 unspecified atom stereocenters. The fourth-order valence-corrected chi connectivity index (χ4v) is 6.02. The van der Waals surface area contributed by atoms with Gasteiger partial charge in [-0.05, 0) is 42.7 Å². The number of halogens is 2. The second-order valence-electron chi connectivity index (χ2n) is 8.97. The minimum Gasteiger partial charge on any atom is -0.354 e. The summed E-state index contributed by atoms with van der Waals surface area (Å²) in [7, 11) is -4.22. The molecule has 0 aromatic heterocycles. The van der Waals surface area contributed by atoms with Gasteiger partial charge in [0.05, 0.1) is 20.6 Å². The number of unbranched alkanes of at least 4 members (excludes halogenated alkanes) is 1. The van der Waals surface area contributed by atoms with Gasteiger partial charge in [0.1, 0.15) is 12.6 Å². The van der Waals surface area contributed by atoms with Crippen LogP contribution in [0.3, 0.4) is 0 Å². The lowest BCUT2D eigenvalue weighted by molar-refractivity contribution is -0.140. The topological polar surface area (TPSA) is 86.8 Å². The summed E-state index contributed by atoms with van der Waals surface area (Å²) >= 11 is 12.7. The average molecular weight is 591 g/mol. The smallest absolute Gasteiger partial charge is 0.264 e. The Morgan fingerprint density at radius 1 is 0.897 bits per heavy atom. The Hall–Kier alpha value is -3.07. The van der Waals surface area contributed by atoms with Crippen LogP contribution in [-0.4, -0.2) is 44.3 Å². The molecule has 0 aliphatic rings. The zero-order valence-corrected chi connectivity index (χ0v) is 24.3. The van der Waals surface area contributed by atoms with E-state index >= 15 is 0 Å². The van der Waals surface area contributed by atoms with E-state index < -0.39 is 28.5 Å². The van der Waals surface area contributed by atoms with Gasteiger partial charge >= 0.3 is 0 Å². The Kier molecular flexibility index (Phi) is 11.2. The summed E-state index contributed by atoms with van der Waals surface area (Å²) in [5.41, 5.74) is 0.880. The molecule has 3 aromatic carbocycles. The molecule has 3 aromatic rings. The van der Waals surface area contributed by atoms with E-state index in [1.165, 1.54) is 29.2 Å². The molecule has 0 bridgehead atoms. The number of nitrogens with one attached hydrogen (secondary N) is 1. The molecule has 1 atom stereocenters. The third-order valence-electron chi connectivity index (χ3n) is 6.22. The van der Waals surface area contributed by atoms with Crippen molar-refractivity contribution in [3.05, 3.63) is 94.5 Å². The molecule has 3 rings (SSSR count). The third-order valence-corrected chi connectivity index (χ3v) is 8.80. The molecule has 0 aliphatic heterocycles. The summed E-state index contributed by atoms with van der Waals surface area (Å²) in [5, 5.41) is 3.07. The van der Waals surface area contributed by atoms with E-state index in [2.05, 4.69) is 5.32 Å². The van der Waals surface area contributed by atoms with Gasteiger partial charge < -0.3 is 10.2 Å². The van der Waals surface area contributed by atoms with Gasteiger partial charge in [-0.2, -0.15) is 0 Å². The number of carbonyl (C=O) groups excluding carboxylic acids is 2. The van der Waals surface area contributed by atoms with Crippen LogP contribution in [-0.2, 0) is 26.2 Å². The lowest BCUT2D eigenvalue weighted by Gasteiger charge is -2.33. The minimum atomic E-state index is -4.22. The highest BCUT2D eigenvalue weighted by Gasteiger charge is 2.34.